The minimum Gasteiger partial charge on any atom is -0.338 e. The predicted molar refractivity (Wildman–Crippen MR) is 73.3 cm³/mol. The van der Waals surface area contributed by atoms with Crippen LogP contribution in [0.5, 0.6) is 0 Å². The van der Waals surface area contributed by atoms with Gasteiger partial charge in [-0.15, -0.1) is 12.4 Å². The molecule has 86 valence electrons. The zero-order chi connectivity index (χ0) is 10.4. The van der Waals surface area contributed by atoms with Crippen LogP contribution in [-0.2, 0) is 6.54 Å². The normalized spacial score (nSPS) is 19.2. The number of rotatable bonds is 0. The van der Waals surface area contributed by atoms with Crippen LogP contribution in [0.3, 0.4) is 0 Å². The molecule has 0 aliphatic carbocycles. The van der Waals surface area contributed by atoms with Gasteiger partial charge in [-0.25, -0.2) is 0 Å². The maximum atomic E-state index is 3.64. The Labute approximate surface area is 110 Å². The van der Waals surface area contributed by atoms with Crippen molar-refractivity contribution in [2.24, 2.45) is 0 Å². The third-order valence-corrected chi connectivity index (χ3v) is 3.72. The van der Waals surface area contributed by atoms with Gasteiger partial charge in [-0.05, 0) is 35.0 Å². The first-order valence-corrected chi connectivity index (χ1v) is 6.06. The number of fused-ring (bicyclic) bond motifs is 3. The molecule has 0 saturated carbocycles. The van der Waals surface area contributed by atoms with Crippen LogP contribution >= 0.6 is 28.3 Å². The monoisotopic (exact) mass is 300 g/mol. The quantitative estimate of drug-likeness (QED) is 0.788. The van der Waals surface area contributed by atoms with E-state index in [1.807, 2.05) is 0 Å². The lowest BCUT2D eigenvalue weighted by Gasteiger charge is -2.25. The van der Waals surface area contributed by atoms with Gasteiger partial charge in [-0.3, -0.25) is 0 Å². The Morgan fingerprint density at radius 1 is 1.44 bits per heavy atom. The van der Waals surface area contributed by atoms with Crippen molar-refractivity contribution in [3.8, 4) is 0 Å². The van der Waals surface area contributed by atoms with Gasteiger partial charge in [0.05, 0.1) is 5.52 Å². The van der Waals surface area contributed by atoms with Gasteiger partial charge >= 0.3 is 0 Å². The molecule has 1 aliphatic rings. The number of para-hydroxylation sites is 1. The Hall–Kier alpha value is -0.510. The fourth-order valence-electron chi connectivity index (χ4n) is 2.44. The average Bonchev–Trinajstić information content (AvgIpc) is 2.58. The zero-order valence-electron chi connectivity index (χ0n) is 9.03. The van der Waals surface area contributed by atoms with Crippen molar-refractivity contribution in [3.05, 3.63) is 34.4 Å². The summed E-state index contributed by atoms with van der Waals surface area (Å²) in [5.74, 6) is 0. The molecule has 2 aromatic rings. The van der Waals surface area contributed by atoms with E-state index in [0.29, 0.717) is 6.04 Å². The maximum absolute atomic E-state index is 3.64. The molecule has 16 heavy (non-hydrogen) atoms. The summed E-state index contributed by atoms with van der Waals surface area (Å²) in [6.07, 6.45) is 0. The van der Waals surface area contributed by atoms with E-state index in [1.54, 1.807) is 0 Å². The topological polar surface area (TPSA) is 17.0 Å². The lowest BCUT2D eigenvalue weighted by atomic mass is 10.2. The first kappa shape index (κ1) is 12.0. The lowest BCUT2D eigenvalue weighted by Crippen LogP contribution is -2.30. The number of hydrogen-bond donors (Lipinski definition) is 1. The van der Waals surface area contributed by atoms with Crippen molar-refractivity contribution in [2.45, 2.75) is 19.5 Å². The van der Waals surface area contributed by atoms with E-state index in [-0.39, 0.29) is 12.4 Å². The van der Waals surface area contributed by atoms with Crippen LogP contribution in [0.2, 0.25) is 0 Å². The van der Waals surface area contributed by atoms with E-state index < -0.39 is 0 Å². The van der Waals surface area contributed by atoms with Gasteiger partial charge in [-0.1, -0.05) is 12.1 Å². The van der Waals surface area contributed by atoms with E-state index in [4.69, 9.17) is 0 Å². The summed E-state index contributed by atoms with van der Waals surface area (Å²) in [5, 5.41) is 4.76. The van der Waals surface area contributed by atoms with Gasteiger partial charge in [0, 0.05) is 34.7 Å². The number of nitrogens with zero attached hydrogens (tertiary/aromatic N) is 1. The van der Waals surface area contributed by atoms with Gasteiger partial charge in [0.15, 0.2) is 0 Å². The number of benzene rings is 1. The molecule has 0 spiro atoms. The largest absolute Gasteiger partial charge is 0.338 e. The number of aromatic nitrogens is 1. The number of hydrogen-bond acceptors (Lipinski definition) is 1. The molecule has 0 saturated heterocycles. The highest BCUT2D eigenvalue weighted by molar-refractivity contribution is 9.10. The maximum Gasteiger partial charge on any atom is 0.0630 e. The van der Waals surface area contributed by atoms with Crippen molar-refractivity contribution < 1.29 is 0 Å². The van der Waals surface area contributed by atoms with Crippen LogP contribution in [0.25, 0.3) is 10.9 Å². The van der Waals surface area contributed by atoms with Crippen molar-refractivity contribution in [1.29, 1.82) is 0 Å². The second kappa shape index (κ2) is 4.40. The molecule has 1 N–H and O–H groups in total. The summed E-state index contributed by atoms with van der Waals surface area (Å²) in [5.41, 5.74) is 2.72. The molecule has 0 bridgehead atoms. The minimum atomic E-state index is 0. The SMILES string of the molecule is CC1CNCc2cc3cccc(Br)c3n21.Cl. The Kier molecular flexibility index (Phi) is 3.29. The summed E-state index contributed by atoms with van der Waals surface area (Å²) in [7, 11) is 0. The minimum absolute atomic E-state index is 0. The Morgan fingerprint density at radius 2 is 2.25 bits per heavy atom. The van der Waals surface area contributed by atoms with Gasteiger partial charge in [0.25, 0.3) is 0 Å². The van der Waals surface area contributed by atoms with Gasteiger partial charge < -0.3 is 9.88 Å². The first-order chi connectivity index (χ1) is 7.27. The fraction of sp³-hybridized carbons (Fsp3) is 0.333. The molecule has 1 unspecified atom stereocenters. The Balaban J connectivity index is 0.000000963. The van der Waals surface area contributed by atoms with Crippen molar-refractivity contribution >= 4 is 39.2 Å². The molecular weight excluding hydrogens is 288 g/mol. The molecule has 3 rings (SSSR count). The van der Waals surface area contributed by atoms with E-state index in [9.17, 15) is 0 Å². The smallest absolute Gasteiger partial charge is 0.0630 e. The average molecular weight is 302 g/mol. The molecule has 0 fully saturated rings. The molecule has 1 aromatic heterocycles. The third kappa shape index (κ3) is 1.67. The van der Waals surface area contributed by atoms with Crippen LogP contribution in [0.15, 0.2) is 28.7 Å². The highest BCUT2D eigenvalue weighted by atomic mass is 79.9. The number of halogens is 2. The van der Waals surface area contributed by atoms with Crippen LogP contribution in [0, 0.1) is 0 Å². The van der Waals surface area contributed by atoms with Crippen LogP contribution in [0.1, 0.15) is 18.7 Å². The molecule has 2 nitrogen and oxygen atoms in total. The molecule has 1 atom stereocenters. The van der Waals surface area contributed by atoms with E-state index >= 15 is 0 Å². The van der Waals surface area contributed by atoms with Crippen molar-refractivity contribution in [2.75, 3.05) is 6.54 Å². The predicted octanol–water partition coefficient (Wildman–Crippen LogP) is 3.49. The second-order valence-corrected chi connectivity index (χ2v) is 5.02. The standard InChI is InChI=1S/C12H13BrN2.ClH/c1-8-6-14-7-10-5-9-3-2-4-11(13)12(9)15(8)10;/h2-5,8,14H,6-7H2,1H3;1H. The highest BCUT2D eigenvalue weighted by Gasteiger charge is 2.19. The van der Waals surface area contributed by atoms with Crippen LogP contribution in [0.4, 0.5) is 0 Å². The van der Waals surface area contributed by atoms with Crippen LogP contribution < -0.4 is 5.32 Å². The highest BCUT2D eigenvalue weighted by Crippen LogP contribution is 2.31. The van der Waals surface area contributed by atoms with Crippen molar-refractivity contribution in [1.82, 2.24) is 9.88 Å². The molecule has 2 heterocycles. The Bertz CT molecular complexity index is 521. The Morgan fingerprint density at radius 3 is 3.06 bits per heavy atom. The molecular formula is C12H14BrClN2. The first-order valence-electron chi connectivity index (χ1n) is 5.26. The van der Waals surface area contributed by atoms with E-state index in [2.05, 4.69) is 57.0 Å². The molecule has 4 heteroatoms. The molecule has 1 aromatic carbocycles. The molecule has 0 radical (unpaired) electrons. The third-order valence-electron chi connectivity index (χ3n) is 3.08. The van der Waals surface area contributed by atoms with Gasteiger partial charge in [0.2, 0.25) is 0 Å². The van der Waals surface area contributed by atoms with E-state index in [0.717, 1.165) is 13.1 Å². The number of nitrogens with one attached hydrogen (secondary N) is 1. The van der Waals surface area contributed by atoms with E-state index in [1.165, 1.54) is 21.1 Å². The van der Waals surface area contributed by atoms with Gasteiger partial charge in [0.1, 0.15) is 0 Å². The zero-order valence-corrected chi connectivity index (χ0v) is 11.4. The summed E-state index contributed by atoms with van der Waals surface area (Å²) in [4.78, 5) is 0. The van der Waals surface area contributed by atoms with Gasteiger partial charge in [-0.2, -0.15) is 0 Å². The summed E-state index contributed by atoms with van der Waals surface area (Å²) in [6, 6.07) is 9.20. The van der Waals surface area contributed by atoms with Crippen LogP contribution in [-0.4, -0.2) is 11.1 Å². The molecule has 0 amide bonds. The summed E-state index contributed by atoms with van der Waals surface area (Å²) >= 11 is 3.64. The summed E-state index contributed by atoms with van der Waals surface area (Å²) < 4.78 is 3.63. The molecule has 1 aliphatic heterocycles. The lowest BCUT2D eigenvalue weighted by molar-refractivity contribution is 0.439. The summed E-state index contributed by atoms with van der Waals surface area (Å²) in [6.45, 7) is 4.29. The fourth-order valence-corrected chi connectivity index (χ4v) is 3.01. The van der Waals surface area contributed by atoms with Crippen molar-refractivity contribution in [3.63, 3.8) is 0 Å². The second-order valence-electron chi connectivity index (χ2n) is 4.16.